The van der Waals surface area contributed by atoms with Gasteiger partial charge in [0.25, 0.3) is 5.56 Å². The lowest BCUT2D eigenvalue weighted by atomic mass is 10.3. The number of alkyl carbamates (subject to hydrolysis) is 1. The van der Waals surface area contributed by atoms with Crippen LogP contribution in [0.25, 0.3) is 10.1 Å². The minimum atomic E-state index is -0.452. The Bertz CT molecular complexity index is 603. The summed E-state index contributed by atoms with van der Waals surface area (Å²) in [5.74, 6) is 0. The van der Waals surface area contributed by atoms with Gasteiger partial charge in [-0.3, -0.25) is 8.75 Å². The molecule has 0 bridgehead atoms. The minimum Gasteiger partial charge on any atom is -0.448 e. The van der Waals surface area contributed by atoms with Crippen molar-refractivity contribution in [1.29, 1.82) is 0 Å². The molecule has 0 spiro atoms. The third-order valence-electron chi connectivity index (χ3n) is 2.40. The Hall–Kier alpha value is -1.82. The van der Waals surface area contributed by atoms with Gasteiger partial charge >= 0.3 is 6.09 Å². The Morgan fingerprint density at radius 3 is 2.94 bits per heavy atom. The molecule has 1 aromatic heterocycles. The highest BCUT2D eigenvalue weighted by atomic mass is 32.1. The fourth-order valence-corrected chi connectivity index (χ4v) is 2.56. The molecule has 96 valence electrons. The van der Waals surface area contributed by atoms with Crippen LogP contribution in [0.4, 0.5) is 4.79 Å². The van der Waals surface area contributed by atoms with E-state index in [0.717, 1.165) is 4.70 Å². The molecule has 1 aromatic carbocycles. The van der Waals surface area contributed by atoms with Crippen LogP contribution in [0.1, 0.15) is 6.92 Å². The molecule has 0 unspecified atom stereocenters. The van der Waals surface area contributed by atoms with Crippen LogP contribution in [-0.4, -0.2) is 23.2 Å². The molecular formula is C12H14N2O3S. The second-order valence-electron chi connectivity index (χ2n) is 3.66. The van der Waals surface area contributed by atoms with Gasteiger partial charge in [0.1, 0.15) is 6.61 Å². The molecule has 0 saturated heterocycles. The highest BCUT2D eigenvalue weighted by Crippen LogP contribution is 2.15. The first-order chi connectivity index (χ1) is 8.72. The fourth-order valence-electron chi connectivity index (χ4n) is 1.58. The third-order valence-corrected chi connectivity index (χ3v) is 3.52. The maximum Gasteiger partial charge on any atom is 0.407 e. The molecule has 0 atom stereocenters. The van der Waals surface area contributed by atoms with Crippen molar-refractivity contribution in [3.8, 4) is 0 Å². The maximum atomic E-state index is 11.9. The molecular weight excluding hydrogens is 252 g/mol. The number of hydrogen-bond acceptors (Lipinski definition) is 4. The van der Waals surface area contributed by atoms with Gasteiger partial charge in [0.15, 0.2) is 0 Å². The lowest BCUT2D eigenvalue weighted by Gasteiger charge is -2.04. The Balaban J connectivity index is 2.02. The quantitative estimate of drug-likeness (QED) is 0.918. The minimum absolute atomic E-state index is 0.0323. The van der Waals surface area contributed by atoms with Crippen molar-refractivity contribution in [1.82, 2.24) is 9.27 Å². The SMILES string of the molecule is CCNC(=O)OCCn1sc2ccccc2c1=O. The van der Waals surface area contributed by atoms with Crippen LogP contribution < -0.4 is 10.9 Å². The summed E-state index contributed by atoms with van der Waals surface area (Å²) in [6, 6.07) is 7.44. The van der Waals surface area contributed by atoms with E-state index in [9.17, 15) is 9.59 Å². The Kier molecular flexibility index (Phi) is 3.99. The molecule has 1 heterocycles. The van der Waals surface area contributed by atoms with Gasteiger partial charge < -0.3 is 10.1 Å². The normalized spacial score (nSPS) is 10.5. The van der Waals surface area contributed by atoms with Crippen LogP contribution >= 0.6 is 11.5 Å². The number of fused-ring (bicyclic) bond motifs is 1. The van der Waals surface area contributed by atoms with Gasteiger partial charge in [-0.15, -0.1) is 0 Å². The molecule has 0 aliphatic heterocycles. The van der Waals surface area contributed by atoms with Crippen molar-refractivity contribution in [2.24, 2.45) is 0 Å². The number of carbonyl (C=O) groups excluding carboxylic acids is 1. The molecule has 6 heteroatoms. The molecule has 0 aliphatic rings. The van der Waals surface area contributed by atoms with Gasteiger partial charge in [0.2, 0.25) is 0 Å². The molecule has 0 saturated carbocycles. The number of hydrogen-bond donors (Lipinski definition) is 1. The highest BCUT2D eigenvalue weighted by Gasteiger charge is 2.07. The second-order valence-corrected chi connectivity index (χ2v) is 4.72. The Morgan fingerprint density at radius 1 is 1.44 bits per heavy atom. The smallest absolute Gasteiger partial charge is 0.407 e. The summed E-state index contributed by atoms with van der Waals surface area (Å²) in [5.41, 5.74) is -0.0323. The van der Waals surface area contributed by atoms with Crippen LogP contribution in [-0.2, 0) is 11.3 Å². The number of nitrogens with one attached hydrogen (secondary N) is 1. The first-order valence-corrected chi connectivity index (χ1v) is 6.49. The number of amides is 1. The maximum absolute atomic E-state index is 11.9. The number of carbonyl (C=O) groups is 1. The number of aromatic nitrogens is 1. The standard InChI is InChI=1S/C12H14N2O3S/c1-2-13-12(16)17-8-7-14-11(15)9-5-3-4-6-10(9)18-14/h3-6H,2,7-8H2,1H3,(H,13,16). The second kappa shape index (κ2) is 5.68. The molecule has 0 aliphatic carbocycles. The van der Waals surface area contributed by atoms with Crippen molar-refractivity contribution >= 4 is 27.7 Å². The van der Waals surface area contributed by atoms with Crippen LogP contribution in [0.5, 0.6) is 0 Å². The first-order valence-electron chi connectivity index (χ1n) is 5.72. The molecule has 0 radical (unpaired) electrons. The number of rotatable bonds is 4. The van der Waals surface area contributed by atoms with Gasteiger partial charge in [0, 0.05) is 6.54 Å². The van der Waals surface area contributed by atoms with E-state index < -0.39 is 6.09 Å². The fraction of sp³-hybridized carbons (Fsp3) is 0.333. The van der Waals surface area contributed by atoms with Crippen LogP contribution in [0.3, 0.4) is 0 Å². The van der Waals surface area contributed by atoms with Crippen molar-refractivity contribution in [2.45, 2.75) is 13.5 Å². The predicted molar refractivity (Wildman–Crippen MR) is 71.1 cm³/mol. The zero-order valence-electron chi connectivity index (χ0n) is 10.0. The Morgan fingerprint density at radius 2 is 2.22 bits per heavy atom. The summed E-state index contributed by atoms with van der Waals surface area (Å²) in [4.78, 5) is 23.0. The average molecular weight is 266 g/mol. The van der Waals surface area contributed by atoms with Crippen molar-refractivity contribution in [3.05, 3.63) is 34.6 Å². The average Bonchev–Trinajstić information content (AvgIpc) is 2.68. The number of ether oxygens (including phenoxy) is 1. The third kappa shape index (κ3) is 2.70. The zero-order chi connectivity index (χ0) is 13.0. The molecule has 1 N–H and O–H groups in total. The molecule has 1 amide bonds. The number of benzene rings is 1. The summed E-state index contributed by atoms with van der Waals surface area (Å²) in [7, 11) is 0. The van der Waals surface area contributed by atoms with Gasteiger partial charge in [-0.25, -0.2) is 4.79 Å². The van der Waals surface area contributed by atoms with Gasteiger partial charge in [-0.2, -0.15) is 0 Å². The predicted octanol–water partition coefficient (Wildman–Crippen LogP) is 1.81. The molecule has 2 aromatic rings. The van der Waals surface area contributed by atoms with Crippen molar-refractivity contribution in [3.63, 3.8) is 0 Å². The van der Waals surface area contributed by atoms with E-state index in [4.69, 9.17) is 4.74 Å². The van der Waals surface area contributed by atoms with Gasteiger partial charge in [0.05, 0.1) is 16.6 Å². The van der Waals surface area contributed by atoms with E-state index in [-0.39, 0.29) is 12.2 Å². The van der Waals surface area contributed by atoms with Gasteiger partial charge in [-0.1, -0.05) is 23.7 Å². The van der Waals surface area contributed by atoms with Crippen LogP contribution in [0.15, 0.2) is 29.1 Å². The highest BCUT2D eigenvalue weighted by molar-refractivity contribution is 7.13. The first kappa shape index (κ1) is 12.6. The van der Waals surface area contributed by atoms with E-state index in [0.29, 0.717) is 18.5 Å². The van der Waals surface area contributed by atoms with E-state index in [1.165, 1.54) is 11.5 Å². The molecule has 18 heavy (non-hydrogen) atoms. The Labute approximate surface area is 108 Å². The van der Waals surface area contributed by atoms with Crippen molar-refractivity contribution in [2.75, 3.05) is 13.2 Å². The van der Waals surface area contributed by atoms with Gasteiger partial charge in [-0.05, 0) is 19.1 Å². The topological polar surface area (TPSA) is 60.3 Å². The molecule has 5 nitrogen and oxygen atoms in total. The summed E-state index contributed by atoms with van der Waals surface area (Å²) in [6.45, 7) is 2.92. The number of nitrogens with zero attached hydrogens (tertiary/aromatic N) is 1. The zero-order valence-corrected chi connectivity index (χ0v) is 10.8. The van der Waals surface area contributed by atoms with Crippen LogP contribution in [0.2, 0.25) is 0 Å². The van der Waals surface area contributed by atoms with Crippen molar-refractivity contribution < 1.29 is 9.53 Å². The largest absolute Gasteiger partial charge is 0.448 e. The monoisotopic (exact) mass is 266 g/mol. The van der Waals surface area contributed by atoms with Crippen LogP contribution in [0, 0.1) is 0 Å². The van der Waals surface area contributed by atoms with E-state index in [2.05, 4.69) is 5.32 Å². The summed E-state index contributed by atoms with van der Waals surface area (Å²) in [5, 5.41) is 3.24. The lowest BCUT2D eigenvalue weighted by Crippen LogP contribution is -2.26. The summed E-state index contributed by atoms with van der Waals surface area (Å²) < 4.78 is 7.48. The summed E-state index contributed by atoms with van der Waals surface area (Å²) in [6.07, 6.45) is -0.452. The van der Waals surface area contributed by atoms with E-state index >= 15 is 0 Å². The lowest BCUT2D eigenvalue weighted by molar-refractivity contribution is 0.143. The van der Waals surface area contributed by atoms with E-state index in [1.54, 1.807) is 10.0 Å². The van der Waals surface area contributed by atoms with E-state index in [1.807, 2.05) is 25.1 Å². The summed E-state index contributed by atoms with van der Waals surface area (Å²) >= 11 is 1.38. The molecule has 0 fully saturated rings. The molecule has 2 rings (SSSR count).